The number of aryl methyl sites for hydroxylation is 2. The largest absolute Gasteiger partial charge is 0.478 e. The summed E-state index contributed by atoms with van der Waals surface area (Å²) in [5.41, 5.74) is 1.92. The highest BCUT2D eigenvalue weighted by Crippen LogP contribution is 2.23. The van der Waals surface area contributed by atoms with Gasteiger partial charge in [-0.1, -0.05) is 11.3 Å². The van der Waals surface area contributed by atoms with Crippen molar-refractivity contribution in [2.45, 2.75) is 20.4 Å². The second-order valence-corrected chi connectivity index (χ2v) is 4.46. The van der Waals surface area contributed by atoms with E-state index in [1.165, 1.54) is 16.9 Å². The Labute approximate surface area is 115 Å². The van der Waals surface area contributed by atoms with Crippen LogP contribution in [0.5, 0.6) is 0 Å². The molecule has 0 spiro atoms. The average molecular weight is 274 g/mol. The molecule has 0 radical (unpaired) electrons. The monoisotopic (exact) mass is 274 g/mol. The SMILES string of the molecule is Cc1cc(C)c(NC(=O)Cn2ccnn2)c(C(=O)O)c1. The molecule has 2 aromatic rings. The first-order valence-corrected chi connectivity index (χ1v) is 5.96. The molecule has 0 saturated heterocycles. The fourth-order valence-corrected chi connectivity index (χ4v) is 1.95. The number of rotatable bonds is 4. The van der Waals surface area contributed by atoms with E-state index in [1.807, 2.05) is 6.07 Å². The van der Waals surface area contributed by atoms with Crippen molar-refractivity contribution in [1.82, 2.24) is 15.0 Å². The molecule has 1 aromatic heterocycles. The van der Waals surface area contributed by atoms with Crippen molar-refractivity contribution in [2.24, 2.45) is 0 Å². The van der Waals surface area contributed by atoms with Gasteiger partial charge in [-0.25, -0.2) is 9.48 Å². The number of hydrogen-bond donors (Lipinski definition) is 2. The van der Waals surface area contributed by atoms with Gasteiger partial charge in [0, 0.05) is 6.20 Å². The minimum absolute atomic E-state index is 0.0215. The van der Waals surface area contributed by atoms with Crippen molar-refractivity contribution in [1.29, 1.82) is 0 Å². The van der Waals surface area contributed by atoms with Gasteiger partial charge >= 0.3 is 5.97 Å². The minimum atomic E-state index is -1.08. The lowest BCUT2D eigenvalue weighted by atomic mass is 10.0. The molecule has 7 heteroatoms. The Morgan fingerprint density at radius 3 is 2.70 bits per heavy atom. The molecule has 0 saturated carbocycles. The number of amides is 1. The third-order valence-electron chi connectivity index (χ3n) is 2.75. The van der Waals surface area contributed by atoms with Crippen LogP contribution in [0.1, 0.15) is 21.5 Å². The van der Waals surface area contributed by atoms with Crippen molar-refractivity contribution in [2.75, 3.05) is 5.32 Å². The summed E-state index contributed by atoms with van der Waals surface area (Å²) in [5, 5.41) is 19.1. The second kappa shape index (κ2) is 5.52. The molecule has 0 aliphatic rings. The summed E-state index contributed by atoms with van der Waals surface area (Å²) in [7, 11) is 0. The van der Waals surface area contributed by atoms with E-state index >= 15 is 0 Å². The Kier molecular flexibility index (Phi) is 3.79. The lowest BCUT2D eigenvalue weighted by Crippen LogP contribution is -2.21. The lowest BCUT2D eigenvalue weighted by Gasteiger charge is -2.12. The maximum Gasteiger partial charge on any atom is 0.337 e. The first-order chi connectivity index (χ1) is 9.47. The van der Waals surface area contributed by atoms with Gasteiger partial charge in [-0.2, -0.15) is 0 Å². The number of aromatic nitrogens is 3. The van der Waals surface area contributed by atoms with Crippen molar-refractivity contribution >= 4 is 17.6 Å². The summed E-state index contributed by atoms with van der Waals surface area (Å²) in [4.78, 5) is 23.1. The third kappa shape index (κ3) is 3.00. The molecular weight excluding hydrogens is 260 g/mol. The zero-order chi connectivity index (χ0) is 14.7. The van der Waals surface area contributed by atoms with Crippen LogP contribution in [0.15, 0.2) is 24.5 Å². The quantitative estimate of drug-likeness (QED) is 0.874. The molecule has 1 heterocycles. The first-order valence-electron chi connectivity index (χ1n) is 5.96. The second-order valence-electron chi connectivity index (χ2n) is 4.46. The van der Waals surface area contributed by atoms with E-state index in [4.69, 9.17) is 0 Å². The predicted octanol–water partition coefficient (Wildman–Crippen LogP) is 1.23. The number of carbonyl (C=O) groups excluding carboxylic acids is 1. The van der Waals surface area contributed by atoms with E-state index in [1.54, 1.807) is 20.0 Å². The number of benzene rings is 1. The van der Waals surface area contributed by atoms with Crippen molar-refractivity contribution in [3.63, 3.8) is 0 Å². The number of hydrogen-bond acceptors (Lipinski definition) is 4. The molecule has 1 aromatic carbocycles. The Morgan fingerprint density at radius 1 is 1.35 bits per heavy atom. The maximum atomic E-state index is 11.9. The van der Waals surface area contributed by atoms with E-state index in [2.05, 4.69) is 15.6 Å². The smallest absolute Gasteiger partial charge is 0.337 e. The molecule has 20 heavy (non-hydrogen) atoms. The van der Waals surface area contributed by atoms with Gasteiger partial charge in [0.25, 0.3) is 0 Å². The molecule has 2 N–H and O–H groups in total. The standard InChI is InChI=1S/C13H14N4O3/c1-8-5-9(2)12(10(6-8)13(19)20)15-11(18)7-17-4-3-14-16-17/h3-6H,7H2,1-2H3,(H,15,18)(H,19,20). The zero-order valence-corrected chi connectivity index (χ0v) is 11.1. The Morgan fingerprint density at radius 2 is 2.10 bits per heavy atom. The molecule has 0 fully saturated rings. The number of carboxylic acid groups (broad SMARTS) is 1. The lowest BCUT2D eigenvalue weighted by molar-refractivity contribution is -0.116. The normalized spacial score (nSPS) is 10.3. The highest BCUT2D eigenvalue weighted by molar-refractivity contribution is 6.01. The zero-order valence-electron chi connectivity index (χ0n) is 11.1. The Balaban J connectivity index is 2.24. The highest BCUT2D eigenvalue weighted by Gasteiger charge is 2.16. The molecule has 0 bridgehead atoms. The van der Waals surface area contributed by atoms with Gasteiger partial charge < -0.3 is 10.4 Å². The molecular formula is C13H14N4O3. The summed E-state index contributed by atoms with van der Waals surface area (Å²) in [5.74, 6) is -1.43. The molecule has 0 aliphatic carbocycles. The predicted molar refractivity (Wildman–Crippen MR) is 71.5 cm³/mol. The van der Waals surface area contributed by atoms with Crippen LogP contribution in [-0.2, 0) is 11.3 Å². The van der Waals surface area contributed by atoms with Crippen LogP contribution in [0.4, 0.5) is 5.69 Å². The molecule has 104 valence electrons. The van der Waals surface area contributed by atoms with E-state index in [9.17, 15) is 14.7 Å². The molecule has 0 atom stereocenters. The molecule has 2 rings (SSSR count). The Bertz CT molecular complexity index is 650. The van der Waals surface area contributed by atoms with Gasteiger partial charge in [0.1, 0.15) is 6.54 Å². The van der Waals surface area contributed by atoms with Gasteiger partial charge in [0.15, 0.2) is 0 Å². The highest BCUT2D eigenvalue weighted by atomic mass is 16.4. The molecule has 0 aliphatic heterocycles. The van der Waals surface area contributed by atoms with Gasteiger partial charge in [-0.15, -0.1) is 5.10 Å². The number of nitrogens with zero attached hydrogens (tertiary/aromatic N) is 3. The van der Waals surface area contributed by atoms with Crippen molar-refractivity contribution in [3.05, 3.63) is 41.2 Å². The number of anilines is 1. The Hall–Kier alpha value is -2.70. The third-order valence-corrected chi connectivity index (χ3v) is 2.75. The molecule has 0 unspecified atom stereocenters. The van der Waals surface area contributed by atoms with Crippen LogP contribution < -0.4 is 5.32 Å². The fourth-order valence-electron chi connectivity index (χ4n) is 1.95. The van der Waals surface area contributed by atoms with Crippen LogP contribution in [0.25, 0.3) is 0 Å². The van der Waals surface area contributed by atoms with E-state index < -0.39 is 5.97 Å². The first kappa shape index (κ1) is 13.7. The molecule has 7 nitrogen and oxygen atoms in total. The van der Waals surface area contributed by atoms with Gasteiger partial charge in [-0.05, 0) is 31.0 Å². The topological polar surface area (TPSA) is 97.1 Å². The van der Waals surface area contributed by atoms with Crippen LogP contribution in [0.2, 0.25) is 0 Å². The van der Waals surface area contributed by atoms with Crippen molar-refractivity contribution in [3.8, 4) is 0 Å². The van der Waals surface area contributed by atoms with Gasteiger partial charge in [0.2, 0.25) is 5.91 Å². The molecule has 1 amide bonds. The van der Waals surface area contributed by atoms with Crippen LogP contribution >= 0.6 is 0 Å². The number of carboxylic acids is 1. The van der Waals surface area contributed by atoms with E-state index in [-0.39, 0.29) is 18.0 Å². The van der Waals surface area contributed by atoms with Crippen LogP contribution in [-0.4, -0.2) is 32.0 Å². The number of nitrogens with one attached hydrogen (secondary N) is 1. The van der Waals surface area contributed by atoms with E-state index in [0.29, 0.717) is 11.3 Å². The summed E-state index contributed by atoms with van der Waals surface area (Å²) in [6, 6.07) is 3.35. The summed E-state index contributed by atoms with van der Waals surface area (Å²) >= 11 is 0. The van der Waals surface area contributed by atoms with Crippen LogP contribution in [0.3, 0.4) is 0 Å². The maximum absolute atomic E-state index is 11.9. The number of carbonyl (C=O) groups is 2. The van der Waals surface area contributed by atoms with Crippen molar-refractivity contribution < 1.29 is 14.7 Å². The van der Waals surface area contributed by atoms with Gasteiger partial charge in [-0.3, -0.25) is 4.79 Å². The number of aromatic carboxylic acids is 1. The van der Waals surface area contributed by atoms with Gasteiger partial charge in [0.05, 0.1) is 17.4 Å². The fraction of sp³-hybridized carbons (Fsp3) is 0.231. The van der Waals surface area contributed by atoms with E-state index in [0.717, 1.165) is 5.56 Å². The summed E-state index contributed by atoms with van der Waals surface area (Å²) in [6.07, 6.45) is 3.02. The minimum Gasteiger partial charge on any atom is -0.478 e. The summed E-state index contributed by atoms with van der Waals surface area (Å²) in [6.45, 7) is 3.54. The van der Waals surface area contributed by atoms with Crippen LogP contribution in [0, 0.1) is 13.8 Å². The average Bonchev–Trinajstić information content (AvgIpc) is 2.84. The summed E-state index contributed by atoms with van der Waals surface area (Å²) < 4.78 is 1.36.